The Morgan fingerprint density at radius 2 is 1.57 bits per heavy atom. The molecule has 0 aliphatic carbocycles. The van der Waals surface area contributed by atoms with Crippen LogP contribution in [-0.4, -0.2) is 47.2 Å². The topological polar surface area (TPSA) is 125 Å². The van der Waals surface area contributed by atoms with Gasteiger partial charge in [0.15, 0.2) is 6.10 Å². The van der Waals surface area contributed by atoms with Crippen molar-refractivity contribution in [2.45, 2.75) is 38.6 Å². The van der Waals surface area contributed by atoms with Crippen LogP contribution in [0.2, 0.25) is 0 Å². The van der Waals surface area contributed by atoms with Crippen molar-refractivity contribution in [3.8, 4) is 0 Å². The number of nitrogens with two attached hydrogens (primary N) is 1. The van der Waals surface area contributed by atoms with Crippen molar-refractivity contribution in [2.24, 2.45) is 16.1 Å². The van der Waals surface area contributed by atoms with E-state index in [0.29, 0.717) is 28.6 Å². The highest BCUT2D eigenvalue weighted by Crippen LogP contribution is 2.33. The predicted molar refractivity (Wildman–Crippen MR) is 147 cm³/mol. The maximum atomic E-state index is 14.2. The van der Waals surface area contributed by atoms with Gasteiger partial charge in [0.05, 0.1) is 17.4 Å². The fourth-order valence-electron chi connectivity index (χ4n) is 4.59. The van der Waals surface area contributed by atoms with E-state index in [4.69, 9.17) is 5.73 Å². The zero-order valence-electron chi connectivity index (χ0n) is 22.5. The highest BCUT2D eigenvalue weighted by molar-refractivity contribution is 6.26. The SMILES string of the molecule is CN1C(=O)C(N)(C(=O)[C@@H](NC(=O)C(O)c2cc(F)cc(F)c2)C(C)(C)C)N=C(c2ccccc2)c2ccccc21. The second-order valence-electron chi connectivity index (χ2n) is 10.8. The van der Waals surface area contributed by atoms with E-state index in [0.717, 1.165) is 12.1 Å². The largest absolute Gasteiger partial charge is 0.378 e. The number of benzodiazepines with no additional fused rings is 1. The Balaban J connectivity index is 1.79. The number of carbonyl (C=O) groups excluding carboxylic acids is 3. The Bertz CT molecular complexity index is 1480. The lowest BCUT2D eigenvalue weighted by Crippen LogP contribution is -2.66. The summed E-state index contributed by atoms with van der Waals surface area (Å²) in [5.41, 5.74) is 4.74. The van der Waals surface area contributed by atoms with Crippen LogP contribution in [0, 0.1) is 17.0 Å². The number of fused-ring (bicyclic) bond motifs is 1. The molecule has 1 aliphatic rings. The van der Waals surface area contributed by atoms with Gasteiger partial charge in [-0.2, -0.15) is 0 Å². The summed E-state index contributed by atoms with van der Waals surface area (Å²) >= 11 is 0. The molecule has 1 heterocycles. The molecule has 3 aromatic carbocycles. The van der Waals surface area contributed by atoms with Crippen molar-refractivity contribution >= 4 is 29.0 Å². The van der Waals surface area contributed by atoms with Crippen LogP contribution >= 0.6 is 0 Å². The molecule has 0 spiro atoms. The average molecular weight is 549 g/mol. The Hall–Kier alpha value is -4.28. The summed E-state index contributed by atoms with van der Waals surface area (Å²) in [6, 6.07) is 16.7. The number of ketones is 1. The van der Waals surface area contributed by atoms with E-state index < -0.39 is 52.5 Å². The second-order valence-corrected chi connectivity index (χ2v) is 10.8. The minimum Gasteiger partial charge on any atom is -0.378 e. The Kier molecular flexibility index (Phi) is 7.69. The van der Waals surface area contributed by atoms with Gasteiger partial charge in [0.1, 0.15) is 11.6 Å². The number of Topliss-reactive ketones (excluding diaryl/α,β-unsaturated/α-hetero) is 1. The van der Waals surface area contributed by atoms with E-state index in [2.05, 4.69) is 10.3 Å². The monoisotopic (exact) mass is 548 g/mol. The van der Waals surface area contributed by atoms with E-state index in [-0.39, 0.29) is 5.56 Å². The minimum atomic E-state index is -2.47. The molecule has 0 saturated carbocycles. The van der Waals surface area contributed by atoms with Gasteiger partial charge in [-0.15, -0.1) is 0 Å². The van der Waals surface area contributed by atoms with E-state index in [1.165, 1.54) is 11.9 Å². The predicted octanol–water partition coefficient (Wildman–Crippen LogP) is 3.27. The third-order valence-corrected chi connectivity index (χ3v) is 6.73. The fraction of sp³-hybridized carbons (Fsp3) is 0.267. The van der Waals surface area contributed by atoms with E-state index >= 15 is 0 Å². The quantitative estimate of drug-likeness (QED) is 0.408. The van der Waals surface area contributed by atoms with Crippen LogP contribution in [0.3, 0.4) is 0 Å². The molecule has 3 atom stereocenters. The Morgan fingerprint density at radius 3 is 2.17 bits per heavy atom. The van der Waals surface area contributed by atoms with Crippen molar-refractivity contribution < 1.29 is 28.3 Å². The van der Waals surface area contributed by atoms with E-state index in [9.17, 15) is 28.3 Å². The van der Waals surface area contributed by atoms with E-state index in [1.54, 1.807) is 69.3 Å². The highest BCUT2D eigenvalue weighted by atomic mass is 19.1. The summed E-state index contributed by atoms with van der Waals surface area (Å²) < 4.78 is 27.4. The number of halogens is 2. The number of para-hydroxylation sites is 1. The number of rotatable bonds is 6. The van der Waals surface area contributed by atoms with Gasteiger partial charge in [0.2, 0.25) is 11.4 Å². The number of aliphatic hydroxyl groups excluding tert-OH is 1. The van der Waals surface area contributed by atoms with Gasteiger partial charge >= 0.3 is 0 Å². The third-order valence-electron chi connectivity index (χ3n) is 6.73. The van der Waals surface area contributed by atoms with Gasteiger partial charge in [0, 0.05) is 24.2 Å². The van der Waals surface area contributed by atoms with Crippen molar-refractivity contribution in [3.63, 3.8) is 0 Å². The number of hydrogen-bond acceptors (Lipinski definition) is 6. The van der Waals surface area contributed by atoms with Crippen LogP contribution in [0.1, 0.15) is 43.6 Å². The van der Waals surface area contributed by atoms with Crippen LogP contribution in [0.5, 0.6) is 0 Å². The summed E-state index contributed by atoms with van der Waals surface area (Å²) in [5.74, 6) is -4.83. The summed E-state index contributed by atoms with van der Waals surface area (Å²) in [4.78, 5) is 46.9. The first-order valence-corrected chi connectivity index (χ1v) is 12.5. The lowest BCUT2D eigenvalue weighted by molar-refractivity contribution is -0.141. The average Bonchev–Trinajstić information content (AvgIpc) is 2.99. The van der Waals surface area contributed by atoms with Crippen molar-refractivity contribution in [2.75, 3.05) is 11.9 Å². The van der Waals surface area contributed by atoms with Crippen LogP contribution in [0.15, 0.2) is 77.8 Å². The second kappa shape index (κ2) is 10.7. The van der Waals surface area contributed by atoms with Gasteiger partial charge in [-0.1, -0.05) is 69.3 Å². The minimum absolute atomic E-state index is 0.305. The highest BCUT2D eigenvalue weighted by Gasteiger charge is 2.52. The molecular formula is C30H30F2N4O4. The summed E-state index contributed by atoms with van der Waals surface area (Å²) in [5, 5.41) is 13.0. The zero-order valence-corrected chi connectivity index (χ0v) is 22.5. The number of aliphatic hydroxyl groups is 1. The summed E-state index contributed by atoms with van der Waals surface area (Å²) in [6.45, 7) is 4.90. The Morgan fingerprint density at radius 1 is 1.00 bits per heavy atom. The smallest absolute Gasteiger partial charge is 0.277 e. The van der Waals surface area contributed by atoms with Gasteiger partial charge in [-0.3, -0.25) is 20.1 Å². The van der Waals surface area contributed by atoms with Gasteiger partial charge < -0.3 is 15.3 Å². The molecule has 1 aliphatic heterocycles. The van der Waals surface area contributed by atoms with Crippen LogP contribution in [0.4, 0.5) is 14.5 Å². The standard InChI is InChI=1S/C30H30F2N4O4/c1-29(2,3)25(34-27(39)24(37)18-14-19(31)16-20(32)15-18)26(38)30(33)28(40)36(4)22-13-9-8-12-21(22)23(35-30)17-10-6-5-7-11-17/h5-16,24-25,37H,33H2,1-4H3,(H,34,39)/t24?,25-,30?/m1/s1. The van der Waals surface area contributed by atoms with Crippen LogP contribution < -0.4 is 16.0 Å². The fourth-order valence-corrected chi connectivity index (χ4v) is 4.59. The molecular weight excluding hydrogens is 518 g/mol. The number of likely N-dealkylation sites (N-methyl/N-ethyl adjacent to an activating group) is 1. The molecule has 40 heavy (non-hydrogen) atoms. The number of aliphatic imine (C=N–C) groups is 1. The third kappa shape index (κ3) is 5.41. The molecule has 0 radical (unpaired) electrons. The molecule has 208 valence electrons. The maximum absolute atomic E-state index is 14.2. The number of hydrogen-bond donors (Lipinski definition) is 3. The molecule has 4 rings (SSSR count). The normalized spacial score (nSPS) is 18.8. The number of anilines is 1. The van der Waals surface area contributed by atoms with Gasteiger partial charge in [-0.05, 0) is 29.2 Å². The lowest BCUT2D eigenvalue weighted by atomic mass is 9.79. The lowest BCUT2D eigenvalue weighted by Gasteiger charge is -2.36. The molecule has 0 saturated heterocycles. The first-order valence-electron chi connectivity index (χ1n) is 12.5. The maximum Gasteiger partial charge on any atom is 0.277 e. The molecule has 0 bridgehead atoms. The zero-order chi connectivity index (χ0) is 29.4. The molecule has 3 aromatic rings. The molecule has 0 aromatic heterocycles. The van der Waals surface area contributed by atoms with Crippen LogP contribution in [0.25, 0.3) is 0 Å². The molecule has 10 heteroatoms. The van der Waals surface area contributed by atoms with Crippen molar-refractivity contribution in [1.29, 1.82) is 0 Å². The molecule has 0 fully saturated rings. The summed E-state index contributed by atoms with van der Waals surface area (Å²) in [7, 11) is 1.48. The van der Waals surface area contributed by atoms with E-state index in [1.807, 2.05) is 6.07 Å². The number of amides is 2. The van der Waals surface area contributed by atoms with Gasteiger partial charge in [-0.25, -0.2) is 13.8 Å². The number of nitrogens with zero attached hydrogens (tertiary/aromatic N) is 2. The number of carbonyl (C=O) groups is 3. The van der Waals surface area contributed by atoms with Crippen molar-refractivity contribution in [1.82, 2.24) is 5.32 Å². The number of nitrogens with one attached hydrogen (secondary N) is 1. The van der Waals surface area contributed by atoms with Gasteiger partial charge in [0.25, 0.3) is 11.8 Å². The van der Waals surface area contributed by atoms with Crippen LogP contribution in [-0.2, 0) is 14.4 Å². The van der Waals surface area contributed by atoms with Crippen molar-refractivity contribution in [3.05, 3.63) is 101 Å². The molecule has 2 unspecified atom stereocenters. The molecule has 8 nitrogen and oxygen atoms in total. The molecule has 4 N–H and O–H groups in total. The number of benzene rings is 3. The first-order chi connectivity index (χ1) is 18.7. The summed E-state index contributed by atoms with van der Waals surface area (Å²) in [6.07, 6.45) is -2.00. The molecule has 2 amide bonds. The Labute approximate surface area is 230 Å². The first kappa shape index (κ1) is 28.7.